The highest BCUT2D eigenvalue weighted by Gasteiger charge is 2.08. The quantitative estimate of drug-likeness (QED) is 0.496. The van der Waals surface area contributed by atoms with Gasteiger partial charge in [0.15, 0.2) is 17.3 Å². The van der Waals surface area contributed by atoms with Gasteiger partial charge in [0.2, 0.25) is 0 Å². The fourth-order valence-electron chi connectivity index (χ4n) is 2.61. The Hall–Kier alpha value is -3.27. The van der Waals surface area contributed by atoms with Gasteiger partial charge in [-0.05, 0) is 54.6 Å². The summed E-state index contributed by atoms with van der Waals surface area (Å²) in [5.74, 6) is 1.18. The number of nitrogens with zero attached hydrogens (tertiary/aromatic N) is 1. The number of rotatable bonds is 6. The predicted molar refractivity (Wildman–Crippen MR) is 98.7 cm³/mol. The van der Waals surface area contributed by atoms with Gasteiger partial charge < -0.3 is 14.0 Å². The van der Waals surface area contributed by atoms with Crippen molar-refractivity contribution in [3.05, 3.63) is 84.2 Å². The van der Waals surface area contributed by atoms with Crippen molar-refractivity contribution in [2.24, 2.45) is 0 Å². The minimum Gasteiger partial charge on any atom is -0.493 e. The molecule has 0 amide bonds. The second-order valence-electron chi connectivity index (χ2n) is 5.42. The normalized spacial score (nSPS) is 10.8. The van der Waals surface area contributed by atoms with Crippen LogP contribution < -0.4 is 9.47 Å². The third kappa shape index (κ3) is 3.63. The van der Waals surface area contributed by atoms with E-state index in [4.69, 9.17) is 9.47 Å². The first kappa shape index (κ1) is 16.6. The van der Waals surface area contributed by atoms with Gasteiger partial charge >= 0.3 is 0 Å². The van der Waals surface area contributed by atoms with E-state index in [0.717, 1.165) is 11.3 Å². The Balaban J connectivity index is 1.79. The lowest BCUT2D eigenvalue weighted by molar-refractivity contribution is 0.104. The fourth-order valence-corrected chi connectivity index (χ4v) is 2.61. The van der Waals surface area contributed by atoms with Gasteiger partial charge in [0.25, 0.3) is 0 Å². The Kier molecular flexibility index (Phi) is 5.00. The van der Waals surface area contributed by atoms with Crippen molar-refractivity contribution >= 4 is 11.9 Å². The maximum Gasteiger partial charge on any atom is 0.185 e. The van der Waals surface area contributed by atoms with Crippen LogP contribution in [0.3, 0.4) is 0 Å². The van der Waals surface area contributed by atoms with Crippen LogP contribution in [0, 0.1) is 0 Å². The molecule has 0 N–H and O–H groups in total. The molecule has 0 atom stereocenters. The molecular weight excluding hydrogens is 314 g/mol. The lowest BCUT2D eigenvalue weighted by Crippen LogP contribution is -1.96. The largest absolute Gasteiger partial charge is 0.493 e. The average Bonchev–Trinajstić information content (AvgIpc) is 3.20. The van der Waals surface area contributed by atoms with Crippen LogP contribution in [-0.2, 0) is 0 Å². The van der Waals surface area contributed by atoms with Crippen molar-refractivity contribution in [1.82, 2.24) is 4.57 Å². The number of allylic oxidation sites excluding steroid dienone is 1. The lowest BCUT2D eigenvalue weighted by Gasteiger charge is -2.09. The van der Waals surface area contributed by atoms with Crippen molar-refractivity contribution in [3.63, 3.8) is 0 Å². The highest BCUT2D eigenvalue weighted by molar-refractivity contribution is 6.07. The van der Waals surface area contributed by atoms with Crippen molar-refractivity contribution < 1.29 is 14.3 Å². The van der Waals surface area contributed by atoms with Gasteiger partial charge in [0.1, 0.15) is 0 Å². The number of methoxy groups -OCH3 is 2. The number of carbonyl (C=O) groups excluding carboxylic acids is 1. The molecule has 0 fully saturated rings. The molecule has 126 valence electrons. The molecule has 0 aliphatic heterocycles. The second-order valence-corrected chi connectivity index (χ2v) is 5.42. The van der Waals surface area contributed by atoms with Gasteiger partial charge in [0.05, 0.1) is 14.2 Å². The van der Waals surface area contributed by atoms with E-state index in [2.05, 4.69) is 0 Å². The fraction of sp³-hybridized carbons (Fsp3) is 0.0952. The number of carbonyl (C=O) groups is 1. The summed E-state index contributed by atoms with van der Waals surface area (Å²) >= 11 is 0. The van der Waals surface area contributed by atoms with E-state index in [1.807, 2.05) is 71.6 Å². The zero-order valence-electron chi connectivity index (χ0n) is 14.2. The first-order valence-electron chi connectivity index (χ1n) is 7.89. The summed E-state index contributed by atoms with van der Waals surface area (Å²) in [6.07, 6.45) is 7.21. The Bertz CT molecular complexity index is 878. The van der Waals surface area contributed by atoms with Crippen LogP contribution in [0.4, 0.5) is 0 Å². The standard InChI is InChI=1S/C21H19NO3/c1-24-20-7-5-6-17(21(20)25-2)10-13-19(23)16-8-11-18(12-9-16)22-14-3-4-15-22/h3-15H,1-2H3/b13-10+. The zero-order chi connectivity index (χ0) is 17.6. The monoisotopic (exact) mass is 333 g/mol. The third-order valence-corrected chi connectivity index (χ3v) is 3.90. The smallest absolute Gasteiger partial charge is 0.185 e. The molecule has 0 aliphatic rings. The van der Waals surface area contributed by atoms with Gasteiger partial charge in [-0.25, -0.2) is 0 Å². The zero-order valence-corrected chi connectivity index (χ0v) is 14.2. The average molecular weight is 333 g/mol. The Morgan fingerprint density at radius 3 is 2.28 bits per heavy atom. The summed E-state index contributed by atoms with van der Waals surface area (Å²) in [5, 5.41) is 0. The van der Waals surface area contributed by atoms with Crippen molar-refractivity contribution in [1.29, 1.82) is 0 Å². The maximum atomic E-state index is 12.4. The molecule has 0 unspecified atom stereocenters. The van der Waals surface area contributed by atoms with Gasteiger partial charge in [0, 0.05) is 29.2 Å². The molecule has 25 heavy (non-hydrogen) atoms. The molecule has 0 saturated carbocycles. The number of ether oxygens (including phenoxy) is 2. The second kappa shape index (κ2) is 7.53. The highest BCUT2D eigenvalue weighted by Crippen LogP contribution is 2.31. The van der Waals surface area contributed by atoms with Crippen LogP contribution in [0.2, 0.25) is 0 Å². The summed E-state index contributed by atoms with van der Waals surface area (Å²) in [4.78, 5) is 12.4. The Morgan fingerprint density at radius 2 is 1.64 bits per heavy atom. The number of ketones is 1. The molecular formula is C21H19NO3. The summed E-state index contributed by atoms with van der Waals surface area (Å²) < 4.78 is 12.6. The van der Waals surface area contributed by atoms with E-state index in [0.29, 0.717) is 17.1 Å². The molecule has 0 aliphatic carbocycles. The topological polar surface area (TPSA) is 40.5 Å². The summed E-state index contributed by atoms with van der Waals surface area (Å²) in [5.41, 5.74) is 2.44. The Labute approximate surface area is 146 Å². The third-order valence-electron chi connectivity index (χ3n) is 3.90. The van der Waals surface area contributed by atoms with Gasteiger partial charge in [-0.15, -0.1) is 0 Å². The highest BCUT2D eigenvalue weighted by atomic mass is 16.5. The SMILES string of the molecule is COc1cccc(/C=C/C(=O)c2ccc(-n3cccc3)cc2)c1OC. The van der Waals surface area contributed by atoms with Crippen LogP contribution in [-0.4, -0.2) is 24.6 Å². The molecule has 3 aromatic rings. The lowest BCUT2D eigenvalue weighted by atomic mass is 10.1. The van der Waals surface area contributed by atoms with Gasteiger partial charge in [-0.2, -0.15) is 0 Å². The number of para-hydroxylation sites is 1. The summed E-state index contributed by atoms with van der Waals surface area (Å²) in [6.45, 7) is 0. The number of hydrogen-bond acceptors (Lipinski definition) is 3. The number of hydrogen-bond donors (Lipinski definition) is 0. The minimum absolute atomic E-state index is 0.0658. The van der Waals surface area contributed by atoms with Crippen molar-refractivity contribution in [2.45, 2.75) is 0 Å². The van der Waals surface area contributed by atoms with Crippen LogP contribution in [0.5, 0.6) is 11.5 Å². The minimum atomic E-state index is -0.0658. The van der Waals surface area contributed by atoms with Crippen molar-refractivity contribution in [2.75, 3.05) is 14.2 Å². The molecule has 3 rings (SSSR count). The molecule has 1 heterocycles. The molecule has 0 saturated heterocycles. The van der Waals surface area contributed by atoms with E-state index in [1.54, 1.807) is 26.4 Å². The molecule has 4 heteroatoms. The van der Waals surface area contributed by atoms with E-state index in [1.165, 1.54) is 0 Å². The van der Waals surface area contributed by atoms with E-state index < -0.39 is 0 Å². The van der Waals surface area contributed by atoms with Crippen molar-refractivity contribution in [3.8, 4) is 17.2 Å². The maximum absolute atomic E-state index is 12.4. The van der Waals surface area contributed by atoms with E-state index >= 15 is 0 Å². The van der Waals surface area contributed by atoms with Crippen LogP contribution >= 0.6 is 0 Å². The molecule has 1 aromatic heterocycles. The Morgan fingerprint density at radius 1 is 0.920 bits per heavy atom. The van der Waals surface area contributed by atoms with E-state index in [9.17, 15) is 4.79 Å². The summed E-state index contributed by atoms with van der Waals surface area (Å²) in [7, 11) is 3.17. The molecule has 0 radical (unpaired) electrons. The molecule has 0 spiro atoms. The number of aromatic nitrogens is 1. The van der Waals surface area contributed by atoms with E-state index in [-0.39, 0.29) is 5.78 Å². The van der Waals surface area contributed by atoms with Gasteiger partial charge in [-0.1, -0.05) is 12.1 Å². The predicted octanol–water partition coefficient (Wildman–Crippen LogP) is 4.39. The van der Waals surface area contributed by atoms with Crippen LogP contribution in [0.25, 0.3) is 11.8 Å². The first-order valence-corrected chi connectivity index (χ1v) is 7.89. The summed E-state index contributed by atoms with van der Waals surface area (Å²) in [6, 6.07) is 17.0. The number of benzene rings is 2. The van der Waals surface area contributed by atoms with Gasteiger partial charge in [-0.3, -0.25) is 4.79 Å². The molecule has 2 aromatic carbocycles. The first-order chi connectivity index (χ1) is 12.2. The van der Waals surface area contributed by atoms with Crippen LogP contribution in [0.15, 0.2) is 73.1 Å². The molecule has 4 nitrogen and oxygen atoms in total. The van der Waals surface area contributed by atoms with Crippen LogP contribution in [0.1, 0.15) is 15.9 Å². The molecule has 0 bridgehead atoms.